The molecular weight excluding hydrogens is 284 g/mol. The molecular formula is C14H8ClO3S-. The first kappa shape index (κ1) is 13.5. The summed E-state index contributed by atoms with van der Waals surface area (Å²) in [6.07, 6.45) is 3.02. The van der Waals surface area contributed by atoms with Crippen molar-refractivity contribution < 1.29 is 14.7 Å². The summed E-state index contributed by atoms with van der Waals surface area (Å²) in [6.45, 7) is 0. The summed E-state index contributed by atoms with van der Waals surface area (Å²) in [5.41, 5.74) is 0.803. The lowest BCUT2D eigenvalue weighted by molar-refractivity contribution is -0.254. The molecule has 0 radical (unpaired) electrons. The number of hydrogen-bond acceptors (Lipinski definition) is 4. The van der Waals surface area contributed by atoms with Crippen molar-refractivity contribution in [2.75, 3.05) is 0 Å². The minimum atomic E-state index is -1.28. The molecule has 19 heavy (non-hydrogen) atoms. The van der Waals surface area contributed by atoms with E-state index in [0.29, 0.717) is 9.90 Å². The molecule has 0 aliphatic heterocycles. The fourth-order valence-electron chi connectivity index (χ4n) is 1.44. The Kier molecular flexibility index (Phi) is 4.14. The number of ketones is 1. The van der Waals surface area contributed by atoms with E-state index in [4.69, 9.17) is 11.6 Å². The summed E-state index contributed by atoms with van der Waals surface area (Å²) in [6, 6.07) is 9.90. The van der Waals surface area contributed by atoms with Crippen LogP contribution in [0.1, 0.15) is 24.9 Å². The van der Waals surface area contributed by atoms with Crippen LogP contribution in [0, 0.1) is 0 Å². The van der Waals surface area contributed by atoms with Crippen LogP contribution in [0.25, 0.3) is 6.08 Å². The first-order chi connectivity index (χ1) is 9.06. The van der Waals surface area contributed by atoms with Crippen molar-refractivity contribution in [3.8, 4) is 0 Å². The van der Waals surface area contributed by atoms with Crippen LogP contribution in [0.4, 0.5) is 0 Å². The van der Waals surface area contributed by atoms with E-state index in [9.17, 15) is 14.7 Å². The summed E-state index contributed by atoms with van der Waals surface area (Å²) in [5.74, 6) is -1.53. The molecule has 0 amide bonds. The lowest BCUT2D eigenvalue weighted by Gasteiger charge is -1.95. The molecule has 1 aromatic carbocycles. The average Bonchev–Trinajstić information content (AvgIpc) is 2.86. The predicted molar refractivity (Wildman–Crippen MR) is 73.5 cm³/mol. The van der Waals surface area contributed by atoms with E-state index >= 15 is 0 Å². The predicted octanol–water partition coefficient (Wildman–Crippen LogP) is 2.66. The number of carbonyl (C=O) groups excluding carboxylic acids is 2. The number of carbonyl (C=O) groups is 2. The standard InChI is InChI=1S/C14H9ClO3S/c15-10-3-1-2-9(8-10)4-5-11(16)12-6-7-13(19-12)14(17)18/h1-8H,(H,17,18)/p-1/b5-4+. The summed E-state index contributed by atoms with van der Waals surface area (Å²) >= 11 is 6.72. The Balaban J connectivity index is 2.14. The number of thiophene rings is 1. The number of hydrogen-bond donors (Lipinski definition) is 0. The van der Waals surface area contributed by atoms with E-state index in [1.165, 1.54) is 18.2 Å². The Morgan fingerprint density at radius 3 is 2.53 bits per heavy atom. The van der Waals surface area contributed by atoms with Gasteiger partial charge in [-0.05, 0) is 35.9 Å². The fourth-order valence-corrected chi connectivity index (χ4v) is 2.40. The van der Waals surface area contributed by atoms with Crippen molar-refractivity contribution in [3.63, 3.8) is 0 Å². The second-order valence-corrected chi connectivity index (χ2v) is 5.22. The molecule has 96 valence electrons. The summed E-state index contributed by atoms with van der Waals surface area (Å²) in [5, 5.41) is 11.2. The van der Waals surface area contributed by atoms with Crippen molar-refractivity contribution in [3.05, 3.63) is 62.8 Å². The van der Waals surface area contributed by atoms with E-state index in [2.05, 4.69) is 0 Å². The second kappa shape index (κ2) is 5.82. The van der Waals surface area contributed by atoms with Gasteiger partial charge in [-0.15, -0.1) is 11.3 Å². The van der Waals surface area contributed by atoms with Crippen LogP contribution in [0.2, 0.25) is 5.02 Å². The molecule has 0 atom stereocenters. The molecule has 3 nitrogen and oxygen atoms in total. The third kappa shape index (κ3) is 3.53. The maximum absolute atomic E-state index is 11.8. The summed E-state index contributed by atoms with van der Waals surface area (Å²) in [7, 11) is 0. The minimum absolute atomic E-state index is 0.0412. The highest BCUT2D eigenvalue weighted by Crippen LogP contribution is 2.18. The number of aromatic carboxylic acids is 1. The average molecular weight is 292 g/mol. The van der Waals surface area contributed by atoms with Gasteiger partial charge in [0.05, 0.1) is 15.7 Å². The van der Waals surface area contributed by atoms with Gasteiger partial charge in [-0.1, -0.05) is 29.8 Å². The van der Waals surface area contributed by atoms with Gasteiger partial charge in [0.25, 0.3) is 0 Å². The quantitative estimate of drug-likeness (QED) is 0.643. The third-order valence-corrected chi connectivity index (χ3v) is 3.64. The highest BCUT2D eigenvalue weighted by Gasteiger charge is 2.06. The third-order valence-electron chi connectivity index (χ3n) is 2.33. The molecule has 0 saturated carbocycles. The number of rotatable bonds is 4. The fraction of sp³-hybridized carbons (Fsp3) is 0. The van der Waals surface area contributed by atoms with E-state index in [0.717, 1.165) is 16.9 Å². The molecule has 0 saturated heterocycles. The van der Waals surface area contributed by atoms with Gasteiger partial charge >= 0.3 is 0 Å². The molecule has 0 bridgehead atoms. The summed E-state index contributed by atoms with van der Waals surface area (Å²) < 4.78 is 0. The van der Waals surface area contributed by atoms with Gasteiger partial charge in [-0.25, -0.2) is 0 Å². The first-order valence-corrected chi connectivity index (χ1v) is 6.55. The Hall–Kier alpha value is -1.91. The number of halogens is 1. The Morgan fingerprint density at radius 1 is 1.16 bits per heavy atom. The lowest BCUT2D eigenvalue weighted by Crippen LogP contribution is -2.20. The molecule has 0 aliphatic carbocycles. The topological polar surface area (TPSA) is 57.2 Å². The smallest absolute Gasteiger partial charge is 0.195 e. The largest absolute Gasteiger partial charge is 0.544 e. The molecule has 0 fully saturated rings. The molecule has 1 aromatic heterocycles. The van der Waals surface area contributed by atoms with Crippen molar-refractivity contribution in [2.45, 2.75) is 0 Å². The van der Waals surface area contributed by atoms with Gasteiger partial charge in [-0.3, -0.25) is 4.79 Å². The lowest BCUT2D eigenvalue weighted by atomic mass is 10.2. The SMILES string of the molecule is O=C([O-])c1ccc(C(=O)/C=C/c2cccc(Cl)c2)s1. The van der Waals surface area contributed by atoms with Crippen LogP contribution >= 0.6 is 22.9 Å². The maximum atomic E-state index is 11.8. The molecule has 0 N–H and O–H groups in total. The Morgan fingerprint density at radius 2 is 1.89 bits per heavy atom. The van der Waals surface area contributed by atoms with Crippen LogP contribution in [-0.4, -0.2) is 11.8 Å². The van der Waals surface area contributed by atoms with Gasteiger partial charge < -0.3 is 9.90 Å². The van der Waals surface area contributed by atoms with Gasteiger partial charge in [0.2, 0.25) is 0 Å². The molecule has 0 aliphatic rings. The molecule has 0 unspecified atom stereocenters. The van der Waals surface area contributed by atoms with Crippen LogP contribution < -0.4 is 5.11 Å². The van der Waals surface area contributed by atoms with E-state index in [1.54, 1.807) is 24.3 Å². The van der Waals surface area contributed by atoms with Gasteiger partial charge in [0.15, 0.2) is 5.78 Å². The van der Waals surface area contributed by atoms with Gasteiger partial charge in [0, 0.05) is 5.02 Å². The zero-order chi connectivity index (χ0) is 13.8. The van der Waals surface area contributed by atoms with Crippen LogP contribution in [0.5, 0.6) is 0 Å². The molecule has 5 heteroatoms. The van der Waals surface area contributed by atoms with Crippen molar-refractivity contribution >= 4 is 40.8 Å². The molecule has 2 rings (SSSR count). The van der Waals surface area contributed by atoms with E-state index < -0.39 is 5.97 Å². The maximum Gasteiger partial charge on any atom is 0.195 e. The molecule has 1 heterocycles. The number of carboxylic acid groups (broad SMARTS) is 1. The summed E-state index contributed by atoms with van der Waals surface area (Å²) in [4.78, 5) is 22.8. The van der Waals surface area contributed by atoms with Crippen molar-refractivity contribution in [1.29, 1.82) is 0 Å². The number of carboxylic acids is 1. The first-order valence-electron chi connectivity index (χ1n) is 5.35. The van der Waals surface area contributed by atoms with Crippen LogP contribution in [0.3, 0.4) is 0 Å². The number of allylic oxidation sites excluding steroid dienone is 1. The highest BCUT2D eigenvalue weighted by atomic mass is 35.5. The van der Waals surface area contributed by atoms with E-state index in [1.807, 2.05) is 6.07 Å². The zero-order valence-electron chi connectivity index (χ0n) is 9.63. The Labute approximate surface area is 118 Å². The molecule has 2 aromatic rings. The zero-order valence-corrected chi connectivity index (χ0v) is 11.2. The van der Waals surface area contributed by atoms with Crippen LogP contribution in [0.15, 0.2) is 42.5 Å². The second-order valence-electron chi connectivity index (χ2n) is 3.70. The molecule has 0 spiro atoms. The van der Waals surface area contributed by atoms with Crippen molar-refractivity contribution in [2.24, 2.45) is 0 Å². The minimum Gasteiger partial charge on any atom is -0.544 e. The van der Waals surface area contributed by atoms with E-state index in [-0.39, 0.29) is 10.7 Å². The monoisotopic (exact) mass is 291 g/mol. The Bertz CT molecular complexity index is 658. The normalized spacial score (nSPS) is 10.8. The van der Waals surface area contributed by atoms with Crippen molar-refractivity contribution in [1.82, 2.24) is 0 Å². The van der Waals surface area contributed by atoms with Gasteiger partial charge in [0.1, 0.15) is 0 Å². The van der Waals surface area contributed by atoms with Crippen LogP contribution in [-0.2, 0) is 0 Å². The van der Waals surface area contributed by atoms with Gasteiger partial charge in [-0.2, -0.15) is 0 Å². The highest BCUT2D eigenvalue weighted by molar-refractivity contribution is 7.16. The number of benzene rings is 1.